The molecule has 1 aliphatic heterocycles. The van der Waals surface area contributed by atoms with Crippen LogP contribution in [0.4, 0.5) is 13.2 Å². The third-order valence-corrected chi connectivity index (χ3v) is 7.62. The molecule has 1 heterocycles. The first-order valence-electron chi connectivity index (χ1n) is 6.63. The van der Waals surface area contributed by atoms with Gasteiger partial charge in [0.2, 0.25) is 0 Å². The lowest BCUT2D eigenvalue weighted by molar-refractivity contribution is -0.137. The number of ether oxygens (including phenoxy) is 1. The van der Waals surface area contributed by atoms with Gasteiger partial charge in [0, 0.05) is 22.3 Å². The molecule has 0 amide bonds. The summed E-state index contributed by atoms with van der Waals surface area (Å²) in [6.45, 7) is 0. The molecule has 1 nitrogen and oxygen atoms in total. The van der Waals surface area contributed by atoms with E-state index in [4.69, 9.17) is 4.74 Å². The topological polar surface area (TPSA) is 9.23 Å². The van der Waals surface area contributed by atoms with Crippen molar-refractivity contribution >= 4 is 41.4 Å². The molecular weight excluding hydrogens is 349 g/mol. The number of hydrogen-bond acceptors (Lipinski definition) is 4. The van der Waals surface area contributed by atoms with Gasteiger partial charge in [-0.2, -0.15) is 24.9 Å². The molecule has 2 rings (SSSR count). The molecule has 1 fully saturated rings. The Labute approximate surface area is 141 Å². The van der Waals surface area contributed by atoms with Crippen LogP contribution in [0, 0.1) is 0 Å². The second-order valence-corrected chi connectivity index (χ2v) is 8.49. The zero-order valence-corrected chi connectivity index (χ0v) is 14.7. The summed E-state index contributed by atoms with van der Waals surface area (Å²) in [4.78, 5) is 0. The first kappa shape index (κ1) is 17.9. The molecular formula is C15H17F3OS3. The Morgan fingerprint density at radius 3 is 2.50 bits per heavy atom. The molecule has 0 atom stereocenters. The van der Waals surface area contributed by atoms with Gasteiger partial charge in [0.25, 0.3) is 0 Å². The highest BCUT2D eigenvalue weighted by molar-refractivity contribution is 8.19. The van der Waals surface area contributed by atoms with Crippen LogP contribution in [-0.2, 0) is 6.18 Å². The minimum absolute atomic E-state index is 0.249. The first-order chi connectivity index (χ1) is 10.4. The van der Waals surface area contributed by atoms with Gasteiger partial charge in [-0.1, -0.05) is 18.2 Å². The molecule has 1 aromatic carbocycles. The number of alkyl halides is 3. The molecule has 0 aromatic heterocycles. The Bertz CT molecular complexity index is 523. The normalized spacial score (nSPS) is 23.0. The van der Waals surface area contributed by atoms with Crippen molar-refractivity contribution in [2.45, 2.75) is 16.0 Å². The van der Waals surface area contributed by atoms with E-state index in [1.165, 1.54) is 13.2 Å². The van der Waals surface area contributed by atoms with Crippen LogP contribution in [0.2, 0.25) is 0 Å². The van der Waals surface area contributed by atoms with Gasteiger partial charge in [-0.25, -0.2) is 0 Å². The van der Waals surface area contributed by atoms with Crippen molar-refractivity contribution in [3.63, 3.8) is 0 Å². The molecule has 0 unspecified atom stereocenters. The zero-order valence-electron chi connectivity index (χ0n) is 12.2. The van der Waals surface area contributed by atoms with Crippen molar-refractivity contribution in [1.29, 1.82) is 0 Å². The van der Waals surface area contributed by atoms with E-state index in [2.05, 4.69) is 6.26 Å². The molecule has 0 radical (unpaired) electrons. The Morgan fingerprint density at radius 2 is 1.95 bits per heavy atom. The van der Waals surface area contributed by atoms with Gasteiger partial charge < -0.3 is 4.74 Å². The third kappa shape index (κ3) is 4.80. The van der Waals surface area contributed by atoms with Crippen LogP contribution in [-0.4, -0.2) is 34.7 Å². The molecule has 1 saturated heterocycles. The molecule has 0 saturated carbocycles. The van der Waals surface area contributed by atoms with Crippen LogP contribution in [0.25, 0.3) is 6.08 Å². The van der Waals surface area contributed by atoms with Crippen molar-refractivity contribution in [3.8, 4) is 5.75 Å². The van der Waals surface area contributed by atoms with Crippen LogP contribution < -0.4 is 4.74 Å². The van der Waals surface area contributed by atoms with Gasteiger partial charge >= 0.3 is 6.18 Å². The summed E-state index contributed by atoms with van der Waals surface area (Å²) in [5.41, 5.74) is -0.0191. The van der Waals surface area contributed by atoms with E-state index in [0.29, 0.717) is 15.4 Å². The minimum atomic E-state index is -4.35. The summed E-state index contributed by atoms with van der Waals surface area (Å²) in [5, 5.41) is 0.681. The maximum Gasteiger partial charge on any atom is 0.416 e. The Hall–Kier alpha value is -0.400. The molecule has 0 aliphatic carbocycles. The largest absolute Gasteiger partial charge is 0.496 e. The number of benzene rings is 1. The summed E-state index contributed by atoms with van der Waals surface area (Å²) in [6, 6.07) is 3.60. The van der Waals surface area contributed by atoms with Gasteiger partial charge in [0.1, 0.15) is 5.75 Å². The average molecular weight is 366 g/mol. The fourth-order valence-electron chi connectivity index (χ4n) is 1.96. The van der Waals surface area contributed by atoms with E-state index >= 15 is 0 Å². The first-order valence-corrected chi connectivity index (χ1v) is 10.0. The smallest absolute Gasteiger partial charge is 0.416 e. The molecule has 1 aromatic rings. The van der Waals surface area contributed by atoms with Crippen molar-refractivity contribution in [2.75, 3.05) is 24.9 Å². The molecule has 0 bridgehead atoms. The van der Waals surface area contributed by atoms with Crippen LogP contribution in [0.3, 0.4) is 0 Å². The number of methoxy groups -OCH3 is 1. The lowest BCUT2D eigenvalue weighted by atomic mass is 10.1. The van der Waals surface area contributed by atoms with E-state index in [-0.39, 0.29) is 5.75 Å². The standard InChI is InChI=1S/C15H17F3OS3/c1-19-13-7-11(15(16,17)18)5-3-10(13)4-6-14-21-8-12(20-2)9-22-14/h3-7,12,14H,8-9H2,1-2H3/b6-4+. The zero-order chi connectivity index (χ0) is 16.2. The maximum absolute atomic E-state index is 12.7. The Balaban J connectivity index is 2.08. The SMILES string of the molecule is COc1cc(C(F)(F)F)ccc1/C=C/C1SCC(SC)CS1. The Kier molecular flexibility index (Phi) is 6.46. The van der Waals surface area contributed by atoms with Gasteiger partial charge in [-0.05, 0) is 18.4 Å². The van der Waals surface area contributed by atoms with E-state index in [1.54, 1.807) is 0 Å². The van der Waals surface area contributed by atoms with Gasteiger partial charge in [0.05, 0.1) is 17.3 Å². The van der Waals surface area contributed by atoms with Crippen molar-refractivity contribution in [1.82, 2.24) is 0 Å². The summed E-state index contributed by atoms with van der Waals surface area (Å²) in [7, 11) is 1.39. The monoisotopic (exact) mass is 366 g/mol. The second kappa shape index (κ2) is 7.93. The van der Waals surface area contributed by atoms with E-state index in [9.17, 15) is 13.2 Å². The fraction of sp³-hybridized carbons (Fsp3) is 0.467. The van der Waals surface area contributed by atoms with Crippen LogP contribution in [0.5, 0.6) is 5.75 Å². The molecule has 0 spiro atoms. The van der Waals surface area contributed by atoms with Gasteiger partial charge in [-0.3, -0.25) is 0 Å². The predicted octanol–water partition coefficient (Wildman–Crippen LogP) is 5.26. The van der Waals surface area contributed by atoms with Gasteiger partial charge in [0.15, 0.2) is 0 Å². The number of halogens is 3. The molecule has 22 heavy (non-hydrogen) atoms. The molecule has 1 aliphatic rings. The van der Waals surface area contributed by atoms with Crippen molar-refractivity contribution in [3.05, 3.63) is 35.4 Å². The molecule has 122 valence electrons. The fourth-order valence-corrected chi connectivity index (χ4v) is 5.94. The lowest BCUT2D eigenvalue weighted by Crippen LogP contribution is -2.18. The van der Waals surface area contributed by atoms with E-state index in [0.717, 1.165) is 23.6 Å². The summed E-state index contributed by atoms with van der Waals surface area (Å²) >= 11 is 5.62. The summed E-state index contributed by atoms with van der Waals surface area (Å²) < 4.78 is 43.5. The second-order valence-electron chi connectivity index (χ2n) is 4.71. The number of rotatable bonds is 4. The lowest BCUT2D eigenvalue weighted by Gasteiger charge is -2.24. The molecule has 0 N–H and O–H groups in total. The van der Waals surface area contributed by atoms with Gasteiger partial charge in [-0.15, -0.1) is 23.5 Å². The van der Waals surface area contributed by atoms with Crippen LogP contribution in [0.15, 0.2) is 24.3 Å². The van der Waals surface area contributed by atoms with E-state index < -0.39 is 11.7 Å². The van der Waals surface area contributed by atoms with Crippen molar-refractivity contribution < 1.29 is 17.9 Å². The van der Waals surface area contributed by atoms with Crippen LogP contribution in [0.1, 0.15) is 11.1 Å². The molecule has 7 heteroatoms. The summed E-state index contributed by atoms with van der Waals surface area (Å²) in [6.07, 6.45) is 1.66. The average Bonchev–Trinajstić information content (AvgIpc) is 2.52. The van der Waals surface area contributed by atoms with Crippen LogP contribution >= 0.6 is 35.3 Å². The highest BCUT2D eigenvalue weighted by Gasteiger charge is 2.31. The predicted molar refractivity (Wildman–Crippen MR) is 93.0 cm³/mol. The highest BCUT2D eigenvalue weighted by Crippen LogP contribution is 2.37. The number of hydrogen-bond donors (Lipinski definition) is 0. The number of thioether (sulfide) groups is 3. The Morgan fingerprint density at radius 1 is 1.27 bits per heavy atom. The van der Waals surface area contributed by atoms with E-state index in [1.807, 2.05) is 47.4 Å². The quantitative estimate of drug-likeness (QED) is 0.718. The maximum atomic E-state index is 12.7. The minimum Gasteiger partial charge on any atom is -0.496 e. The third-order valence-electron chi connectivity index (χ3n) is 3.22. The summed E-state index contributed by atoms with van der Waals surface area (Å²) in [5.74, 6) is 2.46. The highest BCUT2D eigenvalue weighted by atomic mass is 32.2. The van der Waals surface area contributed by atoms with Crippen molar-refractivity contribution in [2.24, 2.45) is 0 Å².